The molecule has 2 nitrogen and oxygen atoms in total. The Morgan fingerprint density at radius 2 is 1.76 bits per heavy atom. The molecular weight excluding hydrogens is 257 g/mol. The summed E-state index contributed by atoms with van der Waals surface area (Å²) < 4.78 is 5.59. The summed E-state index contributed by atoms with van der Waals surface area (Å²) in [6.07, 6.45) is 0. The molecule has 0 spiro atoms. The molecule has 0 radical (unpaired) electrons. The van der Waals surface area contributed by atoms with Crippen molar-refractivity contribution in [3.05, 3.63) is 59.1 Å². The van der Waals surface area contributed by atoms with Crippen molar-refractivity contribution in [3.8, 4) is 5.75 Å². The van der Waals surface area contributed by atoms with E-state index < -0.39 is 0 Å². The zero-order chi connectivity index (χ0) is 11.4. The van der Waals surface area contributed by atoms with Crippen LogP contribution < -0.4 is 10.5 Å². The highest BCUT2D eigenvalue weighted by Crippen LogP contribution is 2.25. The first-order valence-electron chi connectivity index (χ1n) is 4.97. The molecule has 0 aromatic heterocycles. The average molecular weight is 270 g/mol. The van der Waals surface area contributed by atoms with Crippen molar-refractivity contribution in [3.63, 3.8) is 0 Å². The van der Waals surface area contributed by atoms with E-state index in [1.807, 2.05) is 30.3 Å². The van der Waals surface area contributed by atoms with Crippen molar-refractivity contribution in [1.29, 1.82) is 0 Å². The lowest BCUT2D eigenvalue weighted by Crippen LogP contribution is -1.98. The number of hydrogen-bond donors (Lipinski definition) is 1. The summed E-state index contributed by atoms with van der Waals surface area (Å²) >= 11 is 5.80. The van der Waals surface area contributed by atoms with E-state index in [1.165, 1.54) is 0 Å². The fourth-order valence-electron chi connectivity index (χ4n) is 1.39. The summed E-state index contributed by atoms with van der Waals surface area (Å²) in [5, 5.41) is 0.615. The van der Waals surface area contributed by atoms with Crippen molar-refractivity contribution >= 4 is 29.7 Å². The van der Waals surface area contributed by atoms with E-state index in [1.54, 1.807) is 18.2 Å². The maximum absolute atomic E-state index is 5.80. The van der Waals surface area contributed by atoms with Crippen molar-refractivity contribution in [1.82, 2.24) is 0 Å². The molecule has 0 aliphatic carbocycles. The molecule has 0 fully saturated rings. The van der Waals surface area contributed by atoms with E-state index in [9.17, 15) is 0 Å². The Balaban J connectivity index is 0.00000144. The second-order valence-electron chi connectivity index (χ2n) is 3.46. The van der Waals surface area contributed by atoms with Gasteiger partial charge in [0, 0.05) is 5.02 Å². The zero-order valence-electron chi connectivity index (χ0n) is 9.10. The van der Waals surface area contributed by atoms with Crippen LogP contribution in [0.5, 0.6) is 5.75 Å². The summed E-state index contributed by atoms with van der Waals surface area (Å²) in [7, 11) is 0. The SMILES string of the molecule is Cl.Nc1cc(Cl)ccc1OCc1ccccc1. The summed E-state index contributed by atoms with van der Waals surface area (Å²) in [5.41, 5.74) is 7.44. The molecule has 0 aliphatic heterocycles. The van der Waals surface area contributed by atoms with Gasteiger partial charge in [-0.1, -0.05) is 41.9 Å². The first kappa shape index (κ1) is 13.7. The molecule has 0 bridgehead atoms. The van der Waals surface area contributed by atoms with Gasteiger partial charge in [0.25, 0.3) is 0 Å². The van der Waals surface area contributed by atoms with Crippen LogP contribution in [-0.4, -0.2) is 0 Å². The minimum atomic E-state index is 0. The highest BCUT2D eigenvalue weighted by Gasteiger charge is 2.01. The van der Waals surface area contributed by atoms with Gasteiger partial charge in [-0.25, -0.2) is 0 Å². The van der Waals surface area contributed by atoms with Crippen molar-refractivity contribution in [2.45, 2.75) is 6.61 Å². The molecular formula is C13H13Cl2NO. The molecule has 2 aromatic rings. The fourth-order valence-corrected chi connectivity index (χ4v) is 1.57. The van der Waals surface area contributed by atoms with Crippen LogP contribution in [0, 0.1) is 0 Å². The van der Waals surface area contributed by atoms with E-state index in [0.29, 0.717) is 23.1 Å². The predicted octanol–water partition coefficient (Wildman–Crippen LogP) is 3.92. The standard InChI is InChI=1S/C13H12ClNO.ClH/c14-11-6-7-13(12(15)8-11)16-9-10-4-2-1-3-5-10;/h1-8H,9,15H2;1H. The zero-order valence-corrected chi connectivity index (χ0v) is 10.7. The number of benzene rings is 2. The van der Waals surface area contributed by atoms with Gasteiger partial charge in [0.05, 0.1) is 5.69 Å². The number of hydrogen-bond acceptors (Lipinski definition) is 2. The van der Waals surface area contributed by atoms with Gasteiger partial charge in [0.1, 0.15) is 12.4 Å². The van der Waals surface area contributed by atoms with Crippen molar-refractivity contribution in [2.75, 3.05) is 5.73 Å². The number of nitrogens with two attached hydrogens (primary N) is 1. The highest BCUT2D eigenvalue weighted by atomic mass is 35.5. The van der Waals surface area contributed by atoms with Gasteiger partial charge in [0.2, 0.25) is 0 Å². The van der Waals surface area contributed by atoms with Gasteiger partial charge in [-0.05, 0) is 23.8 Å². The Labute approximate surface area is 112 Å². The van der Waals surface area contributed by atoms with E-state index in [-0.39, 0.29) is 12.4 Å². The molecule has 17 heavy (non-hydrogen) atoms. The Hall–Kier alpha value is -1.38. The minimum Gasteiger partial charge on any atom is -0.487 e. The second-order valence-corrected chi connectivity index (χ2v) is 3.89. The summed E-state index contributed by atoms with van der Waals surface area (Å²) in [6, 6.07) is 15.2. The number of halogens is 2. The predicted molar refractivity (Wildman–Crippen MR) is 73.9 cm³/mol. The average Bonchev–Trinajstić information content (AvgIpc) is 2.29. The Morgan fingerprint density at radius 1 is 1.06 bits per heavy atom. The van der Waals surface area contributed by atoms with Crippen LogP contribution in [0.3, 0.4) is 0 Å². The fraction of sp³-hybridized carbons (Fsp3) is 0.0769. The van der Waals surface area contributed by atoms with Crippen LogP contribution in [0.2, 0.25) is 5.02 Å². The quantitative estimate of drug-likeness (QED) is 0.858. The minimum absolute atomic E-state index is 0. The van der Waals surface area contributed by atoms with E-state index in [4.69, 9.17) is 22.1 Å². The summed E-state index contributed by atoms with van der Waals surface area (Å²) in [5.74, 6) is 0.660. The maximum atomic E-state index is 5.80. The smallest absolute Gasteiger partial charge is 0.142 e. The molecule has 0 saturated heterocycles. The second kappa shape index (κ2) is 6.38. The lowest BCUT2D eigenvalue weighted by atomic mass is 10.2. The topological polar surface area (TPSA) is 35.2 Å². The van der Waals surface area contributed by atoms with Gasteiger partial charge in [-0.15, -0.1) is 12.4 Å². The van der Waals surface area contributed by atoms with Crippen molar-refractivity contribution < 1.29 is 4.74 Å². The molecule has 4 heteroatoms. The summed E-state index contributed by atoms with van der Waals surface area (Å²) in [4.78, 5) is 0. The van der Waals surface area contributed by atoms with Crippen LogP contribution in [0.15, 0.2) is 48.5 Å². The number of anilines is 1. The van der Waals surface area contributed by atoms with E-state index in [2.05, 4.69) is 0 Å². The molecule has 0 amide bonds. The molecule has 2 rings (SSSR count). The highest BCUT2D eigenvalue weighted by molar-refractivity contribution is 6.30. The van der Waals surface area contributed by atoms with E-state index >= 15 is 0 Å². The summed E-state index contributed by atoms with van der Waals surface area (Å²) in [6.45, 7) is 0.507. The third-order valence-electron chi connectivity index (χ3n) is 2.21. The third kappa shape index (κ3) is 3.84. The Bertz CT molecular complexity index is 474. The van der Waals surface area contributed by atoms with E-state index in [0.717, 1.165) is 5.56 Å². The van der Waals surface area contributed by atoms with Crippen molar-refractivity contribution in [2.24, 2.45) is 0 Å². The monoisotopic (exact) mass is 269 g/mol. The third-order valence-corrected chi connectivity index (χ3v) is 2.44. The lowest BCUT2D eigenvalue weighted by molar-refractivity contribution is 0.308. The number of nitrogen functional groups attached to an aromatic ring is 1. The number of ether oxygens (including phenoxy) is 1. The normalized spacial score (nSPS) is 9.47. The van der Waals surface area contributed by atoms with Gasteiger partial charge in [-0.3, -0.25) is 0 Å². The van der Waals surface area contributed by atoms with Gasteiger partial charge < -0.3 is 10.5 Å². The maximum Gasteiger partial charge on any atom is 0.142 e. The molecule has 0 unspecified atom stereocenters. The van der Waals surface area contributed by atoms with Crippen LogP contribution in [0.4, 0.5) is 5.69 Å². The van der Waals surface area contributed by atoms with Crippen LogP contribution in [-0.2, 0) is 6.61 Å². The molecule has 90 valence electrons. The van der Waals surface area contributed by atoms with Crippen LogP contribution in [0.25, 0.3) is 0 Å². The molecule has 0 atom stereocenters. The molecule has 2 N–H and O–H groups in total. The van der Waals surface area contributed by atoms with Crippen LogP contribution >= 0.6 is 24.0 Å². The largest absolute Gasteiger partial charge is 0.487 e. The van der Waals surface area contributed by atoms with Gasteiger partial charge >= 0.3 is 0 Å². The van der Waals surface area contributed by atoms with Gasteiger partial charge in [-0.2, -0.15) is 0 Å². The van der Waals surface area contributed by atoms with Crippen LogP contribution in [0.1, 0.15) is 5.56 Å². The molecule has 0 aliphatic rings. The molecule has 0 heterocycles. The lowest BCUT2D eigenvalue weighted by Gasteiger charge is -2.08. The first-order chi connectivity index (χ1) is 7.75. The number of rotatable bonds is 3. The van der Waals surface area contributed by atoms with Gasteiger partial charge in [0.15, 0.2) is 0 Å². The Kier molecular flexibility index (Phi) is 5.13. The molecule has 0 saturated carbocycles. The Morgan fingerprint density at radius 3 is 2.41 bits per heavy atom. The first-order valence-corrected chi connectivity index (χ1v) is 5.35. The molecule has 2 aromatic carbocycles.